The molecule has 1 nitrogen and oxygen atoms in total. The van der Waals surface area contributed by atoms with E-state index in [-0.39, 0.29) is 11.1 Å². The molecule has 0 radical (unpaired) electrons. The van der Waals surface area contributed by atoms with Crippen molar-refractivity contribution in [3.8, 4) is 0 Å². The second kappa shape index (κ2) is 3.06. The first-order valence-electron chi connectivity index (χ1n) is 4.16. The minimum Gasteiger partial charge on any atom is -0.384 e. The van der Waals surface area contributed by atoms with Crippen LogP contribution in [0, 0.1) is 5.82 Å². The summed E-state index contributed by atoms with van der Waals surface area (Å²) < 4.78 is 50.3. The summed E-state index contributed by atoms with van der Waals surface area (Å²) in [5, 5.41) is 9.28. The number of hydrogen-bond acceptors (Lipinski definition) is 1. The first kappa shape index (κ1) is 10.2. The third kappa shape index (κ3) is 1.63. The predicted octanol–water partition coefficient (Wildman–Crippen LogP) is 2.90. The maximum Gasteiger partial charge on any atom is 0.417 e. The van der Waals surface area contributed by atoms with Crippen LogP contribution in [-0.4, -0.2) is 5.11 Å². The van der Waals surface area contributed by atoms with Gasteiger partial charge in [0.2, 0.25) is 0 Å². The average Bonchev–Trinajstić information content (AvgIpc) is 2.45. The van der Waals surface area contributed by atoms with Crippen LogP contribution in [0.2, 0.25) is 0 Å². The van der Waals surface area contributed by atoms with Gasteiger partial charge in [-0.2, -0.15) is 13.2 Å². The van der Waals surface area contributed by atoms with Crippen molar-refractivity contribution in [2.24, 2.45) is 0 Å². The highest BCUT2D eigenvalue weighted by molar-refractivity contribution is 5.65. The molecule has 0 amide bonds. The zero-order valence-corrected chi connectivity index (χ0v) is 7.35. The Morgan fingerprint density at radius 1 is 1.20 bits per heavy atom. The SMILES string of the molecule is OC1C=Cc2c1cc(F)cc2C(F)(F)F. The Balaban J connectivity index is 2.67. The minimum atomic E-state index is -4.61. The van der Waals surface area contributed by atoms with E-state index in [1.165, 1.54) is 6.08 Å². The summed E-state index contributed by atoms with van der Waals surface area (Å²) in [5.41, 5.74) is -1.25. The van der Waals surface area contributed by atoms with E-state index in [0.29, 0.717) is 6.07 Å². The van der Waals surface area contributed by atoms with Crippen molar-refractivity contribution in [3.05, 3.63) is 40.7 Å². The summed E-state index contributed by atoms with van der Waals surface area (Å²) in [6.07, 6.45) is -3.42. The molecule has 0 spiro atoms. The molecular formula is C10H6F4O. The lowest BCUT2D eigenvalue weighted by Gasteiger charge is -2.12. The van der Waals surface area contributed by atoms with Crippen LogP contribution in [0.1, 0.15) is 22.8 Å². The lowest BCUT2D eigenvalue weighted by Crippen LogP contribution is -2.09. The third-order valence-electron chi connectivity index (χ3n) is 2.25. The van der Waals surface area contributed by atoms with Gasteiger partial charge in [0.25, 0.3) is 0 Å². The number of benzene rings is 1. The Morgan fingerprint density at radius 2 is 1.87 bits per heavy atom. The van der Waals surface area contributed by atoms with E-state index in [4.69, 9.17) is 0 Å². The van der Waals surface area contributed by atoms with E-state index < -0.39 is 23.7 Å². The number of aliphatic hydroxyl groups is 1. The minimum absolute atomic E-state index is 0.0395. The molecule has 2 rings (SSSR count). The normalized spacial score (nSPS) is 19.4. The quantitative estimate of drug-likeness (QED) is 0.664. The molecular weight excluding hydrogens is 212 g/mol. The zero-order chi connectivity index (χ0) is 11.2. The molecule has 5 heteroatoms. The Kier molecular flexibility index (Phi) is 2.08. The van der Waals surface area contributed by atoms with E-state index in [0.717, 1.165) is 12.1 Å². The largest absolute Gasteiger partial charge is 0.417 e. The summed E-state index contributed by atoms with van der Waals surface area (Å²) in [6.45, 7) is 0. The summed E-state index contributed by atoms with van der Waals surface area (Å²) in [5.74, 6) is -0.996. The van der Waals surface area contributed by atoms with Gasteiger partial charge in [-0.15, -0.1) is 0 Å². The second-order valence-electron chi connectivity index (χ2n) is 3.26. The summed E-state index contributed by atoms with van der Waals surface area (Å²) in [4.78, 5) is 0. The first-order valence-corrected chi connectivity index (χ1v) is 4.16. The number of fused-ring (bicyclic) bond motifs is 1. The van der Waals surface area contributed by atoms with E-state index >= 15 is 0 Å². The highest BCUT2D eigenvalue weighted by Crippen LogP contribution is 2.39. The maximum absolute atomic E-state index is 12.9. The monoisotopic (exact) mass is 218 g/mol. The molecule has 15 heavy (non-hydrogen) atoms. The van der Waals surface area contributed by atoms with Crippen molar-refractivity contribution in [1.82, 2.24) is 0 Å². The van der Waals surface area contributed by atoms with Crippen molar-refractivity contribution < 1.29 is 22.7 Å². The van der Waals surface area contributed by atoms with Gasteiger partial charge in [-0.25, -0.2) is 4.39 Å². The molecule has 0 bridgehead atoms. The van der Waals surface area contributed by atoms with Crippen molar-refractivity contribution in [1.29, 1.82) is 0 Å². The van der Waals surface area contributed by atoms with Gasteiger partial charge in [0.15, 0.2) is 0 Å². The molecule has 1 aromatic carbocycles. The van der Waals surface area contributed by atoms with Crippen LogP contribution < -0.4 is 0 Å². The van der Waals surface area contributed by atoms with Crippen molar-refractivity contribution in [2.45, 2.75) is 12.3 Å². The molecule has 0 fully saturated rings. The Bertz CT molecular complexity index is 434. The fourth-order valence-corrected chi connectivity index (χ4v) is 1.60. The number of aliphatic hydroxyl groups excluding tert-OH is 1. The van der Waals surface area contributed by atoms with Gasteiger partial charge in [-0.05, 0) is 23.3 Å². The van der Waals surface area contributed by atoms with Gasteiger partial charge in [-0.1, -0.05) is 12.2 Å². The van der Waals surface area contributed by atoms with E-state index in [1.807, 2.05) is 0 Å². The summed E-state index contributed by atoms with van der Waals surface area (Å²) in [7, 11) is 0. The van der Waals surface area contributed by atoms with Crippen molar-refractivity contribution >= 4 is 6.08 Å². The van der Waals surface area contributed by atoms with Gasteiger partial charge >= 0.3 is 6.18 Å². The molecule has 0 saturated heterocycles. The molecule has 0 aliphatic heterocycles. The van der Waals surface area contributed by atoms with Crippen LogP contribution in [0.25, 0.3) is 6.08 Å². The average molecular weight is 218 g/mol. The van der Waals surface area contributed by atoms with Crippen LogP contribution in [0.4, 0.5) is 17.6 Å². The maximum atomic E-state index is 12.9. The van der Waals surface area contributed by atoms with Gasteiger partial charge in [0.1, 0.15) is 5.82 Å². The number of rotatable bonds is 0. The molecule has 1 aliphatic rings. The highest BCUT2D eigenvalue weighted by atomic mass is 19.4. The van der Waals surface area contributed by atoms with Crippen LogP contribution in [0.3, 0.4) is 0 Å². The first-order chi connectivity index (χ1) is 6.89. The standard InChI is InChI=1S/C10H6F4O/c11-5-3-7-6(1-2-9(7)15)8(4-5)10(12,13)14/h1-4,9,15H. The van der Waals surface area contributed by atoms with Gasteiger partial charge in [-0.3, -0.25) is 0 Å². The van der Waals surface area contributed by atoms with Crippen molar-refractivity contribution in [3.63, 3.8) is 0 Å². The fraction of sp³-hybridized carbons (Fsp3) is 0.200. The van der Waals surface area contributed by atoms with Crippen LogP contribution in [0.15, 0.2) is 18.2 Å². The van der Waals surface area contributed by atoms with Crippen LogP contribution >= 0.6 is 0 Å². The zero-order valence-electron chi connectivity index (χ0n) is 7.35. The van der Waals surface area contributed by atoms with Crippen LogP contribution in [0.5, 0.6) is 0 Å². The van der Waals surface area contributed by atoms with Gasteiger partial charge < -0.3 is 5.11 Å². The van der Waals surface area contributed by atoms with Crippen LogP contribution in [-0.2, 0) is 6.18 Å². The molecule has 1 atom stereocenters. The lowest BCUT2D eigenvalue weighted by atomic mass is 10.0. The molecule has 1 aliphatic carbocycles. The number of alkyl halides is 3. The Labute approximate surface area is 82.7 Å². The molecule has 0 aromatic heterocycles. The van der Waals surface area contributed by atoms with E-state index in [1.54, 1.807) is 0 Å². The second-order valence-corrected chi connectivity index (χ2v) is 3.26. The number of hydrogen-bond donors (Lipinski definition) is 1. The molecule has 0 heterocycles. The molecule has 1 unspecified atom stereocenters. The highest BCUT2D eigenvalue weighted by Gasteiger charge is 2.36. The Hall–Kier alpha value is -1.36. The van der Waals surface area contributed by atoms with Gasteiger partial charge in [0, 0.05) is 0 Å². The summed E-state index contributed by atoms with van der Waals surface area (Å²) in [6, 6.07) is 1.34. The topological polar surface area (TPSA) is 20.2 Å². The predicted molar refractivity (Wildman–Crippen MR) is 45.4 cm³/mol. The molecule has 0 saturated carbocycles. The smallest absolute Gasteiger partial charge is 0.384 e. The lowest BCUT2D eigenvalue weighted by molar-refractivity contribution is -0.138. The summed E-state index contributed by atoms with van der Waals surface area (Å²) >= 11 is 0. The third-order valence-corrected chi connectivity index (χ3v) is 2.25. The molecule has 80 valence electrons. The fourth-order valence-electron chi connectivity index (χ4n) is 1.60. The Morgan fingerprint density at radius 3 is 2.47 bits per heavy atom. The molecule has 1 N–H and O–H groups in total. The molecule has 1 aromatic rings. The van der Waals surface area contributed by atoms with E-state index in [9.17, 15) is 22.7 Å². The van der Waals surface area contributed by atoms with Gasteiger partial charge in [0.05, 0.1) is 11.7 Å². The van der Waals surface area contributed by atoms with E-state index in [2.05, 4.69) is 0 Å². The number of halogens is 4. The van der Waals surface area contributed by atoms with Crippen molar-refractivity contribution in [2.75, 3.05) is 0 Å².